The number of thiazole rings is 1. The number of aromatic nitrogens is 2. The number of aryl methyl sites for hydroxylation is 1. The van der Waals surface area contributed by atoms with E-state index in [2.05, 4.69) is 10.3 Å². The predicted molar refractivity (Wildman–Crippen MR) is 152 cm³/mol. The van der Waals surface area contributed by atoms with Crippen LogP contribution in [-0.4, -0.2) is 32.5 Å². The van der Waals surface area contributed by atoms with Gasteiger partial charge in [0, 0.05) is 28.9 Å². The standard InChI is InChI=1S/C29H21F3N4O4S2/c1-15-7-2-4-10-18(15)34-20(37)14-35-27-24(42-28(35)40)21(16-8-6-12-33-13-16)22-23(41-27)26(39)36(25(22)38)19-11-5-3-9-17(19)29(30,31)32/h2-13,21-23H,14H2,1H3,(H,34,37). The number of thioether (sulfide) groups is 1. The van der Waals surface area contributed by atoms with Crippen molar-refractivity contribution in [3.63, 3.8) is 0 Å². The Balaban J connectivity index is 1.43. The van der Waals surface area contributed by atoms with Gasteiger partial charge in [0.05, 0.1) is 22.2 Å². The molecule has 3 amide bonds. The van der Waals surface area contributed by atoms with E-state index >= 15 is 0 Å². The van der Waals surface area contributed by atoms with Crippen molar-refractivity contribution >= 4 is 52.2 Å². The fourth-order valence-corrected chi connectivity index (χ4v) is 8.14. The van der Waals surface area contributed by atoms with E-state index in [0.29, 0.717) is 26.1 Å². The molecule has 0 saturated carbocycles. The molecule has 4 heterocycles. The number of nitrogens with one attached hydrogen (secondary N) is 1. The molecular formula is C29H21F3N4O4S2. The maximum atomic E-state index is 13.9. The Labute approximate surface area is 245 Å². The van der Waals surface area contributed by atoms with Crippen molar-refractivity contribution in [2.24, 2.45) is 5.92 Å². The summed E-state index contributed by atoms with van der Waals surface area (Å²) in [6.45, 7) is 1.47. The van der Waals surface area contributed by atoms with E-state index in [0.717, 1.165) is 40.8 Å². The number of amides is 3. The summed E-state index contributed by atoms with van der Waals surface area (Å²) < 4.78 is 42.9. The molecule has 6 rings (SSSR count). The number of benzene rings is 2. The Morgan fingerprint density at radius 1 is 1.00 bits per heavy atom. The van der Waals surface area contributed by atoms with Crippen molar-refractivity contribution in [1.29, 1.82) is 0 Å². The first-order chi connectivity index (χ1) is 20.1. The van der Waals surface area contributed by atoms with Crippen LogP contribution in [0.4, 0.5) is 24.5 Å². The molecule has 42 heavy (non-hydrogen) atoms. The van der Waals surface area contributed by atoms with Gasteiger partial charge in [0.2, 0.25) is 17.7 Å². The zero-order valence-electron chi connectivity index (χ0n) is 21.8. The van der Waals surface area contributed by atoms with Crippen molar-refractivity contribution in [1.82, 2.24) is 9.55 Å². The number of halogens is 3. The van der Waals surface area contributed by atoms with Crippen LogP contribution in [0, 0.1) is 12.8 Å². The van der Waals surface area contributed by atoms with E-state index in [-0.39, 0.29) is 6.54 Å². The third-order valence-electron chi connectivity index (χ3n) is 7.26. The highest BCUT2D eigenvalue weighted by Gasteiger charge is 2.57. The number of fused-ring (bicyclic) bond motifs is 2. The van der Waals surface area contributed by atoms with Gasteiger partial charge in [0.1, 0.15) is 11.8 Å². The number of imide groups is 1. The molecule has 2 aromatic heterocycles. The highest BCUT2D eigenvalue weighted by molar-refractivity contribution is 8.00. The predicted octanol–water partition coefficient (Wildman–Crippen LogP) is 5.07. The smallest absolute Gasteiger partial charge is 0.324 e. The number of carbonyl (C=O) groups is 3. The third kappa shape index (κ3) is 4.71. The molecule has 13 heteroatoms. The van der Waals surface area contributed by atoms with E-state index in [1.54, 1.807) is 24.3 Å². The van der Waals surface area contributed by atoms with Crippen LogP contribution in [0.15, 0.2) is 82.9 Å². The minimum Gasteiger partial charge on any atom is -0.324 e. The molecule has 2 aliphatic rings. The van der Waals surface area contributed by atoms with E-state index < -0.39 is 57.1 Å². The lowest BCUT2D eigenvalue weighted by molar-refractivity contribution is -0.137. The van der Waals surface area contributed by atoms with Crippen LogP contribution in [0.5, 0.6) is 0 Å². The quantitative estimate of drug-likeness (QED) is 0.317. The third-order valence-corrected chi connectivity index (χ3v) is 9.87. The molecular weight excluding hydrogens is 589 g/mol. The topological polar surface area (TPSA) is 101 Å². The lowest BCUT2D eigenvalue weighted by Crippen LogP contribution is -2.33. The van der Waals surface area contributed by atoms with Crippen LogP contribution in [-0.2, 0) is 27.1 Å². The Morgan fingerprint density at radius 3 is 2.45 bits per heavy atom. The fraction of sp³-hybridized carbons (Fsp3) is 0.207. The van der Waals surface area contributed by atoms with Gasteiger partial charge in [-0.1, -0.05) is 59.5 Å². The average Bonchev–Trinajstić information content (AvgIpc) is 3.40. The van der Waals surface area contributed by atoms with Gasteiger partial charge in [-0.3, -0.25) is 28.7 Å². The van der Waals surface area contributed by atoms with Crippen molar-refractivity contribution in [2.75, 3.05) is 10.2 Å². The Kier molecular flexibility index (Phi) is 7.01. The second-order valence-electron chi connectivity index (χ2n) is 9.84. The highest BCUT2D eigenvalue weighted by atomic mass is 32.2. The molecule has 4 aromatic rings. The summed E-state index contributed by atoms with van der Waals surface area (Å²) in [5.74, 6) is -4.01. The number of rotatable bonds is 5. The molecule has 0 radical (unpaired) electrons. The van der Waals surface area contributed by atoms with Crippen molar-refractivity contribution in [3.8, 4) is 0 Å². The highest BCUT2D eigenvalue weighted by Crippen LogP contribution is 2.54. The van der Waals surface area contributed by atoms with E-state index in [4.69, 9.17) is 0 Å². The summed E-state index contributed by atoms with van der Waals surface area (Å²) in [5, 5.41) is 1.98. The van der Waals surface area contributed by atoms with Crippen molar-refractivity contribution in [2.45, 2.75) is 35.8 Å². The summed E-state index contributed by atoms with van der Waals surface area (Å²) in [6, 6.07) is 14.9. The van der Waals surface area contributed by atoms with E-state index in [9.17, 15) is 32.3 Å². The minimum absolute atomic E-state index is 0.326. The second-order valence-corrected chi connectivity index (χ2v) is 12.0. The van der Waals surface area contributed by atoms with Crippen LogP contribution >= 0.6 is 23.1 Å². The first kappa shape index (κ1) is 27.9. The lowest BCUT2D eigenvalue weighted by atomic mass is 9.84. The van der Waals surface area contributed by atoms with E-state index in [1.165, 1.54) is 29.1 Å². The Morgan fingerprint density at radius 2 is 1.74 bits per heavy atom. The van der Waals surface area contributed by atoms with Gasteiger partial charge in [-0.2, -0.15) is 13.2 Å². The van der Waals surface area contributed by atoms with Crippen molar-refractivity contribution < 1.29 is 27.6 Å². The summed E-state index contributed by atoms with van der Waals surface area (Å²) >= 11 is 1.77. The number of anilines is 2. The van der Waals surface area contributed by atoms with Gasteiger partial charge in [-0.25, -0.2) is 4.90 Å². The number of para-hydroxylation sites is 2. The molecule has 0 aliphatic carbocycles. The molecule has 1 fully saturated rings. The Bertz CT molecular complexity index is 1790. The summed E-state index contributed by atoms with van der Waals surface area (Å²) in [5.41, 5.74) is 0.287. The van der Waals surface area contributed by atoms with Gasteiger partial charge in [-0.05, 0) is 42.3 Å². The fourth-order valence-electron chi connectivity index (χ4n) is 5.37. The summed E-state index contributed by atoms with van der Waals surface area (Å²) in [4.78, 5) is 58.6. The number of alkyl halides is 3. The van der Waals surface area contributed by atoms with E-state index in [1.807, 2.05) is 19.1 Å². The minimum atomic E-state index is -4.80. The van der Waals surface area contributed by atoms with Crippen LogP contribution in [0.25, 0.3) is 0 Å². The summed E-state index contributed by atoms with van der Waals surface area (Å²) in [6.07, 6.45) is -1.77. The molecule has 0 spiro atoms. The Hall–Kier alpha value is -4.23. The van der Waals surface area contributed by atoms with Crippen LogP contribution in [0.1, 0.15) is 27.5 Å². The van der Waals surface area contributed by atoms with Crippen molar-refractivity contribution in [3.05, 3.63) is 104 Å². The molecule has 3 unspecified atom stereocenters. The maximum Gasteiger partial charge on any atom is 0.418 e. The maximum absolute atomic E-state index is 13.9. The number of pyridine rings is 1. The first-order valence-corrected chi connectivity index (χ1v) is 14.5. The van der Waals surface area contributed by atoms with Gasteiger partial charge in [0.15, 0.2) is 0 Å². The molecule has 1 N–H and O–H groups in total. The number of hydrogen-bond acceptors (Lipinski definition) is 7. The first-order valence-electron chi connectivity index (χ1n) is 12.8. The van der Waals surface area contributed by atoms with Gasteiger partial charge >= 0.3 is 11.0 Å². The van der Waals surface area contributed by atoms with Gasteiger partial charge in [0.25, 0.3) is 0 Å². The van der Waals surface area contributed by atoms with Crippen LogP contribution < -0.4 is 15.1 Å². The lowest BCUT2D eigenvalue weighted by Gasteiger charge is -2.30. The zero-order valence-corrected chi connectivity index (χ0v) is 23.4. The molecule has 3 atom stereocenters. The average molecular weight is 611 g/mol. The molecule has 2 aromatic carbocycles. The molecule has 1 saturated heterocycles. The monoisotopic (exact) mass is 610 g/mol. The largest absolute Gasteiger partial charge is 0.418 e. The normalized spacial score (nSPS) is 19.9. The van der Waals surface area contributed by atoms with Crippen LogP contribution in [0.2, 0.25) is 0 Å². The SMILES string of the molecule is Cc1ccccc1NC(=O)Cn1c2c(sc1=O)C(c1cccnc1)C1C(=O)N(c3ccccc3C(F)(F)F)C(=O)C1S2. The second kappa shape index (κ2) is 10.6. The van der Waals surface area contributed by atoms with Gasteiger partial charge in [-0.15, -0.1) is 0 Å². The van der Waals surface area contributed by atoms with Gasteiger partial charge < -0.3 is 5.32 Å². The zero-order chi connectivity index (χ0) is 29.8. The number of carbonyl (C=O) groups excluding carboxylic acids is 3. The van der Waals surface area contributed by atoms with Crippen LogP contribution in [0.3, 0.4) is 0 Å². The molecule has 214 valence electrons. The molecule has 0 bridgehead atoms. The molecule has 8 nitrogen and oxygen atoms in total. The number of hydrogen-bond donors (Lipinski definition) is 1. The summed E-state index contributed by atoms with van der Waals surface area (Å²) in [7, 11) is 0. The number of nitrogens with zero attached hydrogens (tertiary/aromatic N) is 3. The molecule has 2 aliphatic heterocycles.